The fourth-order valence-corrected chi connectivity index (χ4v) is 5.38. The third-order valence-corrected chi connectivity index (χ3v) is 6.76. The summed E-state index contributed by atoms with van der Waals surface area (Å²) in [7, 11) is 0. The molecule has 2 aliphatic rings. The highest BCUT2D eigenvalue weighted by Crippen LogP contribution is 2.40. The van der Waals surface area contributed by atoms with Crippen LogP contribution < -0.4 is 10.6 Å². The average Bonchev–Trinajstić information content (AvgIpc) is 3.18. The first kappa shape index (κ1) is 19.5. The molecule has 3 heterocycles. The summed E-state index contributed by atoms with van der Waals surface area (Å²) < 4.78 is 1.02. The maximum Gasteiger partial charge on any atom is 0.352 e. The molecule has 4 rings (SSSR count). The van der Waals surface area contributed by atoms with Gasteiger partial charge in [-0.3, -0.25) is 14.5 Å². The van der Waals surface area contributed by atoms with E-state index in [1.807, 2.05) is 18.2 Å². The van der Waals surface area contributed by atoms with Crippen LogP contribution >= 0.6 is 23.1 Å². The van der Waals surface area contributed by atoms with Crippen molar-refractivity contribution in [3.63, 3.8) is 0 Å². The number of anilines is 1. The predicted molar refractivity (Wildman–Crippen MR) is 113 cm³/mol. The maximum atomic E-state index is 12.5. The van der Waals surface area contributed by atoms with Gasteiger partial charge in [0.2, 0.25) is 5.91 Å². The lowest BCUT2D eigenvalue weighted by Crippen LogP contribution is -2.70. The number of thiazole rings is 1. The van der Waals surface area contributed by atoms with Gasteiger partial charge in [-0.25, -0.2) is 9.78 Å². The largest absolute Gasteiger partial charge is 0.477 e. The molecule has 150 valence electrons. The monoisotopic (exact) mass is 430 g/mol. The van der Waals surface area contributed by atoms with E-state index in [1.165, 1.54) is 28.0 Å². The topological polar surface area (TPSA) is 112 Å². The fourth-order valence-electron chi connectivity index (χ4n) is 3.34. The van der Waals surface area contributed by atoms with E-state index in [0.717, 1.165) is 15.9 Å². The van der Waals surface area contributed by atoms with E-state index < -0.39 is 23.3 Å². The number of carbonyl (C=O) groups is 3. The highest BCUT2D eigenvalue weighted by molar-refractivity contribution is 8.00. The molecule has 2 atom stereocenters. The van der Waals surface area contributed by atoms with Gasteiger partial charge in [0.15, 0.2) is 0 Å². The smallest absolute Gasteiger partial charge is 0.352 e. The van der Waals surface area contributed by atoms with Gasteiger partial charge in [-0.1, -0.05) is 12.2 Å². The Kier molecular flexibility index (Phi) is 5.29. The van der Waals surface area contributed by atoms with Gasteiger partial charge in [0.1, 0.15) is 17.1 Å². The number of benzene rings is 1. The second-order valence-corrected chi connectivity index (χ2v) is 8.51. The fraction of sp³-hybridized carbons (Fsp3) is 0.263. The summed E-state index contributed by atoms with van der Waals surface area (Å²) in [5, 5.41) is 14.9. The Balaban J connectivity index is 1.38. The Morgan fingerprint density at radius 3 is 3.00 bits per heavy atom. The van der Waals surface area contributed by atoms with Crippen molar-refractivity contribution in [2.45, 2.75) is 18.3 Å². The van der Waals surface area contributed by atoms with Crippen molar-refractivity contribution in [1.29, 1.82) is 0 Å². The number of carboxylic acid groups (broad SMARTS) is 1. The van der Waals surface area contributed by atoms with Gasteiger partial charge in [0.25, 0.3) is 5.91 Å². The van der Waals surface area contributed by atoms with Gasteiger partial charge >= 0.3 is 5.97 Å². The van der Waals surface area contributed by atoms with Crippen LogP contribution in [0.15, 0.2) is 47.1 Å². The molecule has 0 radical (unpaired) electrons. The van der Waals surface area contributed by atoms with Crippen molar-refractivity contribution >= 4 is 56.8 Å². The number of aromatic nitrogens is 1. The number of fused-ring (bicyclic) bond motifs is 2. The lowest BCUT2D eigenvalue weighted by Gasteiger charge is -2.49. The van der Waals surface area contributed by atoms with Crippen LogP contribution in [0.2, 0.25) is 0 Å². The van der Waals surface area contributed by atoms with Crippen LogP contribution in [-0.2, 0) is 14.4 Å². The molecular formula is C19H18N4O4S2. The van der Waals surface area contributed by atoms with Crippen LogP contribution in [0.1, 0.15) is 6.92 Å². The number of amides is 2. The van der Waals surface area contributed by atoms with Gasteiger partial charge in [-0.05, 0) is 30.7 Å². The van der Waals surface area contributed by atoms with Gasteiger partial charge in [0, 0.05) is 11.4 Å². The van der Waals surface area contributed by atoms with Crippen LogP contribution in [0.25, 0.3) is 10.2 Å². The average molecular weight is 431 g/mol. The Labute approximate surface area is 174 Å². The summed E-state index contributed by atoms with van der Waals surface area (Å²) in [6, 6.07) is 4.91. The first-order chi connectivity index (χ1) is 14.0. The van der Waals surface area contributed by atoms with Crippen molar-refractivity contribution in [3.05, 3.63) is 47.1 Å². The molecule has 0 bridgehead atoms. The van der Waals surface area contributed by atoms with E-state index in [1.54, 1.807) is 24.6 Å². The molecule has 2 aromatic rings. The summed E-state index contributed by atoms with van der Waals surface area (Å²) in [6.07, 6.45) is 3.45. The molecule has 10 heteroatoms. The van der Waals surface area contributed by atoms with Gasteiger partial charge < -0.3 is 15.7 Å². The van der Waals surface area contributed by atoms with Crippen molar-refractivity contribution in [3.8, 4) is 0 Å². The zero-order chi connectivity index (χ0) is 20.5. The zero-order valence-electron chi connectivity index (χ0n) is 15.4. The normalized spacial score (nSPS) is 21.3. The summed E-state index contributed by atoms with van der Waals surface area (Å²) in [5.74, 6) is -1.39. The van der Waals surface area contributed by atoms with E-state index in [2.05, 4.69) is 15.6 Å². The Bertz CT molecular complexity index is 1060. The number of rotatable bonds is 6. The molecule has 0 spiro atoms. The quantitative estimate of drug-likeness (QED) is 0.601. The highest BCUT2D eigenvalue weighted by Gasteiger charge is 2.53. The standard InChI is InChI=1S/C19H18N4O4S2/c1-2-3-10-8-28-18-15(17(25)23(18)16(10)19(26)27)22-14(24)7-20-11-4-5-12-13(6-11)29-9-21-12/h2-6,9,15,18,20H,7-8H2,1H3,(H,22,24)(H,26,27)/t15?,18-/m0/s1. The van der Waals surface area contributed by atoms with E-state index >= 15 is 0 Å². The van der Waals surface area contributed by atoms with E-state index in [-0.39, 0.29) is 18.1 Å². The van der Waals surface area contributed by atoms with Gasteiger partial charge in [-0.15, -0.1) is 23.1 Å². The Morgan fingerprint density at radius 1 is 1.41 bits per heavy atom. The van der Waals surface area contributed by atoms with Crippen LogP contribution in [0.5, 0.6) is 0 Å². The minimum atomic E-state index is -1.14. The minimum absolute atomic E-state index is 0.00154. The summed E-state index contributed by atoms with van der Waals surface area (Å²) in [4.78, 5) is 42.0. The number of nitrogens with zero attached hydrogens (tertiary/aromatic N) is 2. The zero-order valence-corrected chi connectivity index (χ0v) is 17.0. The second-order valence-electron chi connectivity index (χ2n) is 6.52. The van der Waals surface area contributed by atoms with Crippen molar-refractivity contribution in [2.24, 2.45) is 0 Å². The molecule has 3 N–H and O–H groups in total. The Hall–Kier alpha value is -2.85. The van der Waals surface area contributed by atoms with Crippen LogP contribution in [0, 0.1) is 0 Å². The van der Waals surface area contributed by atoms with E-state index in [0.29, 0.717) is 11.3 Å². The number of nitrogens with one attached hydrogen (secondary N) is 2. The second kappa shape index (κ2) is 7.88. The Morgan fingerprint density at radius 2 is 2.24 bits per heavy atom. The van der Waals surface area contributed by atoms with Crippen LogP contribution in [0.3, 0.4) is 0 Å². The molecule has 1 unspecified atom stereocenters. The lowest BCUT2D eigenvalue weighted by atomic mass is 10.0. The van der Waals surface area contributed by atoms with E-state index in [9.17, 15) is 19.5 Å². The van der Waals surface area contributed by atoms with Crippen LogP contribution in [0.4, 0.5) is 5.69 Å². The summed E-state index contributed by atoms with van der Waals surface area (Å²) >= 11 is 2.96. The molecule has 2 aliphatic heterocycles. The molecule has 1 aromatic heterocycles. The van der Waals surface area contributed by atoms with E-state index in [4.69, 9.17) is 0 Å². The van der Waals surface area contributed by atoms with Gasteiger partial charge in [-0.2, -0.15) is 0 Å². The number of aliphatic carboxylic acids is 1. The number of hydrogen-bond acceptors (Lipinski definition) is 7. The molecule has 1 aromatic carbocycles. The number of hydrogen-bond donors (Lipinski definition) is 3. The molecule has 2 amide bonds. The minimum Gasteiger partial charge on any atom is -0.477 e. The molecule has 29 heavy (non-hydrogen) atoms. The third-order valence-electron chi connectivity index (χ3n) is 4.67. The molecule has 1 saturated heterocycles. The molecular weight excluding hydrogens is 412 g/mol. The molecule has 8 nitrogen and oxygen atoms in total. The number of carbonyl (C=O) groups excluding carboxylic acids is 2. The van der Waals surface area contributed by atoms with Crippen LogP contribution in [-0.4, -0.2) is 56.5 Å². The van der Waals surface area contributed by atoms with Crippen molar-refractivity contribution < 1.29 is 19.5 Å². The maximum absolute atomic E-state index is 12.5. The van der Waals surface area contributed by atoms with Gasteiger partial charge in [0.05, 0.1) is 22.3 Å². The number of thioether (sulfide) groups is 1. The SMILES string of the molecule is CC=CC1=C(C(=O)O)N2C(=O)C(NC(=O)CNc3ccc4ncsc4c3)[C@@H]2SC1. The summed E-state index contributed by atoms with van der Waals surface area (Å²) in [6.45, 7) is 1.81. The highest BCUT2D eigenvalue weighted by atomic mass is 32.2. The number of allylic oxidation sites excluding steroid dienone is 2. The third kappa shape index (κ3) is 3.60. The molecule has 0 saturated carbocycles. The van der Waals surface area contributed by atoms with Crippen molar-refractivity contribution in [2.75, 3.05) is 17.6 Å². The first-order valence-corrected chi connectivity index (χ1v) is 10.8. The number of β-lactam (4-membered cyclic amide) rings is 1. The summed E-state index contributed by atoms with van der Waals surface area (Å²) in [5.41, 5.74) is 4.05. The van der Waals surface area contributed by atoms with Crippen molar-refractivity contribution in [1.82, 2.24) is 15.2 Å². The first-order valence-electron chi connectivity index (χ1n) is 8.90. The number of carboxylic acids is 1. The molecule has 0 aliphatic carbocycles. The lowest BCUT2D eigenvalue weighted by molar-refractivity contribution is -0.150. The predicted octanol–water partition coefficient (Wildman–Crippen LogP) is 2.02. The molecule has 1 fully saturated rings.